The van der Waals surface area contributed by atoms with Crippen LogP contribution in [0.15, 0.2) is 23.1 Å². The summed E-state index contributed by atoms with van der Waals surface area (Å²) in [6, 6.07) is 5.66. The molecule has 1 fully saturated rings. The number of likely N-dealkylation sites (N-methyl/N-ethyl adjacent to an activating group) is 1. The molecule has 116 valence electrons. The van der Waals surface area contributed by atoms with Gasteiger partial charge in [-0.05, 0) is 50.2 Å². The number of nitrogens with zero attached hydrogens (tertiary/aromatic N) is 2. The van der Waals surface area contributed by atoms with Gasteiger partial charge < -0.3 is 10.2 Å². The third-order valence-electron chi connectivity index (χ3n) is 4.39. The van der Waals surface area contributed by atoms with E-state index in [1.807, 2.05) is 19.2 Å². The fraction of sp³-hybridized carbons (Fsp3) is 0.600. The predicted octanol–water partition coefficient (Wildman–Crippen LogP) is 0.659. The smallest absolute Gasteiger partial charge is 0.243 e. The van der Waals surface area contributed by atoms with E-state index < -0.39 is 10.0 Å². The minimum absolute atomic E-state index is 0.519. The molecule has 0 spiro atoms. The number of hydrogen-bond donors (Lipinski definition) is 1. The molecule has 3 rings (SSSR count). The van der Waals surface area contributed by atoms with Crippen LogP contribution in [0, 0.1) is 0 Å². The summed E-state index contributed by atoms with van der Waals surface area (Å²) in [4.78, 5) is 2.71. The van der Waals surface area contributed by atoms with Gasteiger partial charge >= 0.3 is 0 Å². The molecule has 1 N–H and O–H groups in total. The van der Waals surface area contributed by atoms with Crippen molar-refractivity contribution in [3.63, 3.8) is 0 Å². The molecule has 2 heterocycles. The Morgan fingerprint density at radius 3 is 2.86 bits per heavy atom. The first-order valence-corrected chi connectivity index (χ1v) is 9.03. The zero-order valence-electron chi connectivity index (χ0n) is 12.5. The highest BCUT2D eigenvalue weighted by Gasteiger charge is 2.29. The quantitative estimate of drug-likeness (QED) is 0.872. The summed E-state index contributed by atoms with van der Waals surface area (Å²) in [5.41, 5.74) is 2.13. The summed E-state index contributed by atoms with van der Waals surface area (Å²) in [5.74, 6) is 0. The Balaban J connectivity index is 1.95. The SMILES string of the molecule is CN1CCCN(S(=O)(=O)c2cccc3c2CCNC3)CC1. The van der Waals surface area contributed by atoms with Crippen LogP contribution in [-0.4, -0.2) is 57.4 Å². The molecule has 1 saturated heterocycles. The van der Waals surface area contributed by atoms with Gasteiger partial charge in [0.25, 0.3) is 0 Å². The molecule has 21 heavy (non-hydrogen) atoms. The second-order valence-corrected chi connectivity index (χ2v) is 7.79. The number of rotatable bonds is 2. The van der Waals surface area contributed by atoms with Crippen LogP contribution in [0.4, 0.5) is 0 Å². The van der Waals surface area contributed by atoms with Gasteiger partial charge in [0.15, 0.2) is 0 Å². The summed E-state index contributed by atoms with van der Waals surface area (Å²) < 4.78 is 27.7. The van der Waals surface area contributed by atoms with E-state index in [0.29, 0.717) is 18.0 Å². The lowest BCUT2D eigenvalue weighted by molar-refractivity contribution is 0.347. The van der Waals surface area contributed by atoms with Crippen LogP contribution in [0.2, 0.25) is 0 Å². The van der Waals surface area contributed by atoms with Gasteiger partial charge in [0.05, 0.1) is 4.90 Å². The van der Waals surface area contributed by atoms with Gasteiger partial charge in [-0.3, -0.25) is 0 Å². The Bertz CT molecular complexity index is 615. The highest BCUT2D eigenvalue weighted by Crippen LogP contribution is 2.26. The molecule has 1 aromatic rings. The number of nitrogens with one attached hydrogen (secondary N) is 1. The van der Waals surface area contributed by atoms with Crippen molar-refractivity contribution in [2.45, 2.75) is 24.3 Å². The van der Waals surface area contributed by atoms with E-state index in [2.05, 4.69) is 10.2 Å². The average Bonchev–Trinajstić information content (AvgIpc) is 2.72. The van der Waals surface area contributed by atoms with E-state index >= 15 is 0 Å². The maximum atomic E-state index is 13.0. The molecule has 0 aromatic heterocycles. The first kappa shape index (κ1) is 15.0. The third kappa shape index (κ3) is 2.99. The molecule has 2 aliphatic heterocycles. The van der Waals surface area contributed by atoms with Crippen LogP contribution >= 0.6 is 0 Å². The van der Waals surface area contributed by atoms with Crippen molar-refractivity contribution < 1.29 is 8.42 Å². The van der Waals surface area contributed by atoms with Gasteiger partial charge in [-0.2, -0.15) is 4.31 Å². The first-order valence-electron chi connectivity index (χ1n) is 7.59. The Kier molecular flexibility index (Phi) is 4.31. The van der Waals surface area contributed by atoms with E-state index in [-0.39, 0.29) is 0 Å². The molecular formula is C15H23N3O2S. The van der Waals surface area contributed by atoms with Gasteiger partial charge in [-0.25, -0.2) is 8.42 Å². The summed E-state index contributed by atoms with van der Waals surface area (Å²) in [6.45, 7) is 4.58. The van der Waals surface area contributed by atoms with Crippen LogP contribution in [0.1, 0.15) is 17.5 Å². The average molecular weight is 309 g/mol. The maximum absolute atomic E-state index is 13.0. The van der Waals surface area contributed by atoms with E-state index in [0.717, 1.165) is 50.1 Å². The molecule has 0 amide bonds. The van der Waals surface area contributed by atoms with E-state index in [9.17, 15) is 8.42 Å². The topological polar surface area (TPSA) is 52.7 Å². The van der Waals surface area contributed by atoms with E-state index in [1.54, 1.807) is 10.4 Å². The van der Waals surface area contributed by atoms with Crippen molar-refractivity contribution in [1.82, 2.24) is 14.5 Å². The second-order valence-electron chi connectivity index (χ2n) is 5.88. The molecule has 0 saturated carbocycles. The fourth-order valence-electron chi connectivity index (χ4n) is 3.14. The largest absolute Gasteiger partial charge is 0.312 e. The number of benzene rings is 1. The number of fused-ring (bicyclic) bond motifs is 1. The van der Waals surface area contributed by atoms with Gasteiger partial charge in [-0.15, -0.1) is 0 Å². The Hall–Kier alpha value is -0.950. The van der Waals surface area contributed by atoms with Crippen molar-refractivity contribution in [3.8, 4) is 0 Å². The molecule has 2 aliphatic rings. The zero-order valence-corrected chi connectivity index (χ0v) is 13.3. The molecule has 0 aliphatic carbocycles. The monoisotopic (exact) mass is 309 g/mol. The van der Waals surface area contributed by atoms with Crippen molar-refractivity contribution >= 4 is 10.0 Å². The minimum atomic E-state index is -3.37. The van der Waals surface area contributed by atoms with Gasteiger partial charge in [0.2, 0.25) is 10.0 Å². The molecule has 0 bridgehead atoms. The molecular weight excluding hydrogens is 286 g/mol. The fourth-order valence-corrected chi connectivity index (χ4v) is 4.91. The lowest BCUT2D eigenvalue weighted by Gasteiger charge is -2.25. The highest BCUT2D eigenvalue weighted by atomic mass is 32.2. The molecule has 1 aromatic carbocycles. The number of hydrogen-bond acceptors (Lipinski definition) is 4. The molecule has 0 atom stereocenters. The van der Waals surface area contributed by atoms with Gasteiger partial charge in [0, 0.05) is 26.2 Å². The van der Waals surface area contributed by atoms with Crippen molar-refractivity contribution in [3.05, 3.63) is 29.3 Å². The van der Waals surface area contributed by atoms with Crippen LogP contribution < -0.4 is 5.32 Å². The summed E-state index contributed by atoms with van der Waals surface area (Å²) in [6.07, 6.45) is 1.69. The second kappa shape index (κ2) is 6.04. The van der Waals surface area contributed by atoms with E-state index in [4.69, 9.17) is 0 Å². The molecule has 0 radical (unpaired) electrons. The molecule has 5 nitrogen and oxygen atoms in total. The predicted molar refractivity (Wildman–Crippen MR) is 82.7 cm³/mol. The normalized spacial score (nSPS) is 21.8. The lowest BCUT2D eigenvalue weighted by Crippen LogP contribution is -2.36. The molecule has 0 unspecified atom stereocenters. The van der Waals surface area contributed by atoms with E-state index in [1.165, 1.54) is 0 Å². The summed E-state index contributed by atoms with van der Waals surface area (Å²) >= 11 is 0. The van der Waals surface area contributed by atoms with Gasteiger partial charge in [-0.1, -0.05) is 12.1 Å². The third-order valence-corrected chi connectivity index (χ3v) is 6.38. The first-order chi connectivity index (χ1) is 10.1. The van der Waals surface area contributed by atoms with Crippen LogP contribution in [0.5, 0.6) is 0 Å². The molecule has 6 heteroatoms. The van der Waals surface area contributed by atoms with Crippen LogP contribution in [0.25, 0.3) is 0 Å². The standard InChI is InChI=1S/C15H23N3O2S/c1-17-8-3-9-18(11-10-17)21(19,20)15-5-2-4-13-12-16-7-6-14(13)15/h2,4-5,16H,3,6-12H2,1H3. The summed E-state index contributed by atoms with van der Waals surface area (Å²) in [5, 5.41) is 3.30. The Morgan fingerprint density at radius 2 is 2.00 bits per heavy atom. The van der Waals surface area contributed by atoms with Crippen LogP contribution in [0.3, 0.4) is 0 Å². The lowest BCUT2D eigenvalue weighted by atomic mass is 10.0. The Morgan fingerprint density at radius 1 is 1.14 bits per heavy atom. The van der Waals surface area contributed by atoms with Crippen molar-refractivity contribution in [2.24, 2.45) is 0 Å². The van der Waals surface area contributed by atoms with Crippen molar-refractivity contribution in [1.29, 1.82) is 0 Å². The van der Waals surface area contributed by atoms with Gasteiger partial charge in [0.1, 0.15) is 0 Å². The van der Waals surface area contributed by atoms with Crippen LogP contribution in [-0.2, 0) is 23.0 Å². The maximum Gasteiger partial charge on any atom is 0.243 e. The Labute approximate surface area is 127 Å². The summed E-state index contributed by atoms with van der Waals surface area (Å²) in [7, 11) is -1.32. The van der Waals surface area contributed by atoms with Crippen molar-refractivity contribution in [2.75, 3.05) is 39.8 Å². The zero-order chi connectivity index (χ0) is 14.9. The highest BCUT2D eigenvalue weighted by molar-refractivity contribution is 7.89. The number of sulfonamides is 1. The minimum Gasteiger partial charge on any atom is -0.312 e.